The van der Waals surface area contributed by atoms with Gasteiger partial charge in [0.1, 0.15) is 16.5 Å². The number of hydrogen-bond acceptors (Lipinski definition) is 6. The van der Waals surface area contributed by atoms with Gasteiger partial charge in [-0.05, 0) is 28.8 Å². The first-order valence-electron chi connectivity index (χ1n) is 6.21. The molecule has 0 bridgehead atoms. The molecule has 1 aromatic carbocycles. The number of carbonyl (C=O) groups excluding carboxylic acids is 1. The van der Waals surface area contributed by atoms with E-state index in [1.54, 1.807) is 18.2 Å². The van der Waals surface area contributed by atoms with Crippen molar-refractivity contribution in [2.24, 2.45) is 5.16 Å². The highest BCUT2D eigenvalue weighted by atomic mass is 35.5. The number of hydrogen-bond donors (Lipinski definition) is 1. The number of rotatable bonds is 3. The first kappa shape index (κ1) is 17.5. The number of oxime groups is 1. The van der Waals surface area contributed by atoms with Crippen LogP contribution in [0.1, 0.15) is 22.7 Å². The summed E-state index contributed by atoms with van der Waals surface area (Å²) in [6, 6.07) is 7.08. The van der Waals surface area contributed by atoms with Crippen LogP contribution in [-0.2, 0) is 9.57 Å². The summed E-state index contributed by atoms with van der Waals surface area (Å²) in [6.07, 6.45) is 0. The Balaban J connectivity index is 0.00000192. The molecule has 1 amide bonds. The van der Waals surface area contributed by atoms with Crippen LogP contribution in [0.4, 0.5) is 5.69 Å². The molecular weight excluding hydrogens is 361 g/mol. The van der Waals surface area contributed by atoms with E-state index in [9.17, 15) is 4.79 Å². The van der Waals surface area contributed by atoms with Crippen LogP contribution in [0.5, 0.6) is 0 Å². The molecule has 0 radical (unpaired) electrons. The fraction of sp³-hybridized carbons (Fsp3) is 0.214. The van der Waals surface area contributed by atoms with Gasteiger partial charge >= 0.3 is 0 Å². The van der Waals surface area contributed by atoms with Gasteiger partial charge in [-0.25, -0.2) is 0 Å². The van der Waals surface area contributed by atoms with Crippen LogP contribution in [-0.4, -0.2) is 29.4 Å². The Bertz CT molecular complexity index is 749. The summed E-state index contributed by atoms with van der Waals surface area (Å²) in [5.74, 6) is -0.0882. The topological polar surface area (TPSA) is 72.8 Å². The van der Waals surface area contributed by atoms with Crippen molar-refractivity contribution in [1.82, 2.24) is 4.37 Å². The molecule has 3 rings (SSSR count). The van der Waals surface area contributed by atoms with Crippen LogP contribution in [0.3, 0.4) is 0 Å². The normalized spacial score (nSPS) is 13.2. The summed E-state index contributed by atoms with van der Waals surface area (Å²) in [6.45, 7) is 0.796. The van der Waals surface area contributed by atoms with Gasteiger partial charge in [-0.1, -0.05) is 42.8 Å². The summed E-state index contributed by atoms with van der Waals surface area (Å²) < 4.78 is 9.27. The van der Waals surface area contributed by atoms with Crippen molar-refractivity contribution < 1.29 is 14.4 Å². The maximum Gasteiger partial charge on any atom is 0.268 e. The number of nitrogens with zero attached hydrogens (tertiary/aromatic N) is 2. The maximum absolute atomic E-state index is 12.3. The smallest absolute Gasteiger partial charge is 0.268 e. The minimum absolute atomic E-state index is 0. The Labute approximate surface area is 147 Å². The number of nitrogens with one attached hydrogen (secondary N) is 1. The average molecular weight is 374 g/mol. The lowest BCUT2D eigenvalue weighted by Crippen LogP contribution is -2.20. The van der Waals surface area contributed by atoms with E-state index in [0.29, 0.717) is 30.4 Å². The third kappa shape index (κ3) is 3.74. The quantitative estimate of drug-likeness (QED) is 0.880. The molecule has 0 atom stereocenters. The van der Waals surface area contributed by atoms with Crippen LogP contribution in [0, 0.1) is 0 Å². The summed E-state index contributed by atoms with van der Waals surface area (Å²) in [5, 5.41) is 6.84. The molecule has 9 heteroatoms. The molecule has 0 spiro atoms. The Morgan fingerprint density at radius 3 is 2.70 bits per heavy atom. The molecule has 2 heterocycles. The summed E-state index contributed by atoms with van der Waals surface area (Å²) in [5.41, 5.74) is 1.14. The van der Waals surface area contributed by atoms with Gasteiger partial charge in [0.2, 0.25) is 0 Å². The Hall–Kier alpha value is -1.83. The Kier molecular flexibility index (Phi) is 5.81. The molecule has 0 aliphatic carbocycles. The molecule has 6 nitrogen and oxygen atoms in total. The van der Waals surface area contributed by atoms with E-state index in [1.807, 2.05) is 6.07 Å². The van der Waals surface area contributed by atoms with Gasteiger partial charge < -0.3 is 14.9 Å². The lowest BCUT2D eigenvalue weighted by molar-refractivity contribution is 0.0656. The predicted molar refractivity (Wildman–Crippen MR) is 91.7 cm³/mol. The zero-order valence-electron chi connectivity index (χ0n) is 11.0. The molecule has 0 fully saturated rings. The fourth-order valence-corrected chi connectivity index (χ4v) is 2.90. The summed E-state index contributed by atoms with van der Waals surface area (Å²) in [7, 11) is 0. The monoisotopic (exact) mass is 373 g/mol. The van der Waals surface area contributed by atoms with Crippen molar-refractivity contribution in [2.45, 2.75) is 7.43 Å². The molecule has 1 aliphatic heterocycles. The predicted octanol–water partition coefficient (Wildman–Crippen LogP) is 4.05. The first-order valence-corrected chi connectivity index (χ1v) is 7.74. The first-order chi connectivity index (χ1) is 10.7. The molecule has 0 unspecified atom stereocenters. The van der Waals surface area contributed by atoms with E-state index < -0.39 is 5.91 Å². The number of amides is 1. The SMILES string of the molecule is C.O=C(Nc1ccccc1C1=NOCCO1)c1snc(Cl)c1Cl. The summed E-state index contributed by atoms with van der Waals surface area (Å²) >= 11 is 12.6. The zero-order valence-corrected chi connectivity index (χ0v) is 13.3. The Morgan fingerprint density at radius 2 is 2.04 bits per heavy atom. The molecule has 122 valence electrons. The van der Waals surface area contributed by atoms with Gasteiger partial charge in [-0.2, -0.15) is 4.37 Å². The van der Waals surface area contributed by atoms with E-state index in [0.717, 1.165) is 11.5 Å². The average Bonchev–Trinajstić information content (AvgIpc) is 2.88. The van der Waals surface area contributed by atoms with Gasteiger partial charge in [-0.3, -0.25) is 4.79 Å². The van der Waals surface area contributed by atoms with Crippen LogP contribution in [0.2, 0.25) is 10.2 Å². The number of carbonyl (C=O) groups is 1. The van der Waals surface area contributed by atoms with Crippen molar-refractivity contribution in [3.63, 3.8) is 0 Å². The number of aromatic nitrogens is 1. The van der Waals surface area contributed by atoms with Crippen molar-refractivity contribution in [2.75, 3.05) is 18.5 Å². The van der Waals surface area contributed by atoms with Crippen LogP contribution >= 0.6 is 34.7 Å². The number of ether oxygens (including phenoxy) is 1. The van der Waals surface area contributed by atoms with Gasteiger partial charge in [0.15, 0.2) is 11.8 Å². The van der Waals surface area contributed by atoms with Gasteiger partial charge in [0.05, 0.1) is 11.3 Å². The molecule has 1 aromatic heterocycles. The van der Waals surface area contributed by atoms with Crippen molar-refractivity contribution in [3.05, 3.63) is 44.9 Å². The van der Waals surface area contributed by atoms with E-state index in [-0.39, 0.29) is 22.5 Å². The van der Waals surface area contributed by atoms with Crippen molar-refractivity contribution in [1.29, 1.82) is 0 Å². The third-order valence-corrected chi connectivity index (χ3v) is 4.57. The van der Waals surface area contributed by atoms with Crippen LogP contribution in [0.15, 0.2) is 29.4 Å². The zero-order chi connectivity index (χ0) is 15.5. The minimum Gasteiger partial charge on any atom is -0.471 e. The fourth-order valence-electron chi connectivity index (χ4n) is 1.79. The second-order valence-corrected chi connectivity index (χ2v) is 5.70. The second-order valence-electron chi connectivity index (χ2n) is 4.19. The van der Waals surface area contributed by atoms with E-state index in [2.05, 4.69) is 14.8 Å². The lowest BCUT2D eigenvalue weighted by Gasteiger charge is -2.16. The highest BCUT2D eigenvalue weighted by Gasteiger charge is 2.20. The van der Waals surface area contributed by atoms with Gasteiger partial charge in [-0.15, -0.1) is 0 Å². The van der Waals surface area contributed by atoms with E-state index >= 15 is 0 Å². The molecule has 0 saturated carbocycles. The molecule has 1 aliphatic rings. The highest BCUT2D eigenvalue weighted by Crippen LogP contribution is 2.29. The van der Waals surface area contributed by atoms with Gasteiger partial charge in [0, 0.05) is 0 Å². The maximum atomic E-state index is 12.3. The van der Waals surface area contributed by atoms with Crippen LogP contribution < -0.4 is 5.32 Å². The standard InChI is InChI=1S/C13H9Cl2N3O3S.CH4/c14-9-10(22-18-11(9)15)12(19)16-8-4-2-1-3-7(8)13-17-21-6-5-20-13;/h1-4H,5-6H2,(H,16,19);1H4. The second kappa shape index (κ2) is 7.63. The largest absolute Gasteiger partial charge is 0.471 e. The Morgan fingerprint density at radius 1 is 1.26 bits per heavy atom. The number of benzene rings is 1. The molecule has 0 saturated heterocycles. The van der Waals surface area contributed by atoms with Crippen molar-refractivity contribution >= 4 is 52.2 Å². The minimum atomic E-state index is -0.404. The molecular formula is C14H13Cl2N3O3S. The number of para-hydroxylation sites is 1. The van der Waals surface area contributed by atoms with Crippen LogP contribution in [0.25, 0.3) is 0 Å². The third-order valence-electron chi connectivity index (χ3n) is 2.77. The molecule has 23 heavy (non-hydrogen) atoms. The van der Waals surface area contributed by atoms with Gasteiger partial charge in [0.25, 0.3) is 11.8 Å². The van der Waals surface area contributed by atoms with Crippen molar-refractivity contribution in [3.8, 4) is 0 Å². The highest BCUT2D eigenvalue weighted by molar-refractivity contribution is 7.09. The lowest BCUT2D eigenvalue weighted by atomic mass is 10.1. The summed E-state index contributed by atoms with van der Waals surface area (Å²) in [4.78, 5) is 17.5. The molecule has 2 aromatic rings. The number of anilines is 1. The number of halogens is 2. The van der Waals surface area contributed by atoms with E-state index in [4.69, 9.17) is 32.8 Å². The van der Waals surface area contributed by atoms with E-state index in [1.165, 1.54) is 0 Å². The molecule has 1 N–H and O–H groups in total.